The Morgan fingerprint density at radius 3 is 2.03 bits per heavy atom. The molecule has 0 saturated carbocycles. The lowest BCUT2D eigenvalue weighted by Gasteiger charge is -2.38. The predicted molar refractivity (Wildman–Crippen MR) is 137 cm³/mol. The topological polar surface area (TPSA) is 150 Å². The van der Waals surface area contributed by atoms with Crippen molar-refractivity contribution in [3.63, 3.8) is 0 Å². The van der Waals surface area contributed by atoms with Crippen molar-refractivity contribution in [1.29, 1.82) is 0 Å². The molecule has 12 nitrogen and oxygen atoms in total. The van der Waals surface area contributed by atoms with Crippen molar-refractivity contribution in [2.24, 2.45) is 23.7 Å². The first kappa shape index (κ1) is 32.6. The number of nitrogens with one attached hydrogen (secondary N) is 2. The van der Waals surface area contributed by atoms with Gasteiger partial charge < -0.3 is 34.8 Å². The Hall–Kier alpha value is -2.44. The fourth-order valence-electron chi connectivity index (χ4n) is 4.18. The molecule has 1 fully saturated rings. The van der Waals surface area contributed by atoms with E-state index in [1.165, 1.54) is 19.1 Å². The third-order valence-electron chi connectivity index (χ3n) is 5.87. The summed E-state index contributed by atoms with van der Waals surface area (Å²) in [7, 11) is 2.53. The van der Waals surface area contributed by atoms with Crippen LogP contribution in [0.2, 0.25) is 0 Å². The second kappa shape index (κ2) is 14.5. The summed E-state index contributed by atoms with van der Waals surface area (Å²) < 4.78 is 15.1. The Morgan fingerprint density at radius 2 is 1.54 bits per heavy atom. The molecule has 1 saturated heterocycles. The number of rotatable bonds is 12. The summed E-state index contributed by atoms with van der Waals surface area (Å²) >= 11 is 0. The summed E-state index contributed by atoms with van der Waals surface area (Å²) in [6.07, 6.45) is 0.198. The first-order chi connectivity index (χ1) is 17.1. The number of carbonyl (C=O) groups is 4. The lowest BCUT2D eigenvalue weighted by Crippen LogP contribution is -2.53. The molecule has 0 aromatic heterocycles. The lowest BCUT2D eigenvalue weighted by molar-refractivity contribution is -0.146. The van der Waals surface area contributed by atoms with Crippen LogP contribution in [-0.4, -0.2) is 85.5 Å². The molecule has 0 spiro atoms. The van der Waals surface area contributed by atoms with Crippen molar-refractivity contribution in [3.05, 3.63) is 5.21 Å². The van der Waals surface area contributed by atoms with Crippen LogP contribution in [0.25, 0.3) is 0 Å². The Morgan fingerprint density at radius 1 is 0.973 bits per heavy atom. The van der Waals surface area contributed by atoms with Crippen LogP contribution in [0, 0.1) is 28.9 Å². The van der Waals surface area contributed by atoms with Gasteiger partial charge in [-0.1, -0.05) is 27.7 Å². The lowest BCUT2D eigenvalue weighted by atomic mass is 9.97. The minimum Gasteiger partial charge on any atom is -0.771 e. The molecule has 2 amide bonds. The Bertz CT molecular complexity index is 783. The number of hydrogen-bond donors (Lipinski definition) is 2. The minimum atomic E-state index is -0.984. The molecule has 0 radical (unpaired) electrons. The van der Waals surface area contributed by atoms with E-state index in [1.807, 2.05) is 27.7 Å². The van der Waals surface area contributed by atoms with Crippen LogP contribution in [0.4, 0.5) is 4.79 Å². The van der Waals surface area contributed by atoms with E-state index in [2.05, 4.69) is 10.7 Å². The number of hydrogen-bond acceptors (Lipinski definition) is 10. The molecule has 12 heteroatoms. The van der Waals surface area contributed by atoms with Gasteiger partial charge in [-0.3, -0.25) is 15.0 Å². The highest BCUT2D eigenvalue weighted by atomic mass is 16.6. The summed E-state index contributed by atoms with van der Waals surface area (Å²) in [5.74, 6) is -2.83. The first-order valence-electron chi connectivity index (χ1n) is 12.7. The third-order valence-corrected chi connectivity index (χ3v) is 5.87. The van der Waals surface area contributed by atoms with Crippen molar-refractivity contribution in [1.82, 2.24) is 20.8 Å². The summed E-state index contributed by atoms with van der Waals surface area (Å²) in [5, 5.41) is 16.4. The van der Waals surface area contributed by atoms with Crippen molar-refractivity contribution in [3.8, 4) is 0 Å². The molecule has 0 aromatic rings. The molecule has 1 rings (SSSR count). The van der Waals surface area contributed by atoms with Crippen LogP contribution in [0.3, 0.4) is 0 Å². The SMILES string of the molecule is COC(=O)C(CC(C)C)NC(=O)[C@@H]1CN(C(=O)OC(C)(C)C)C[C@H]1N([O-])NC[C@@H](CC(C)C)C(=O)OC. The maximum absolute atomic E-state index is 13.3. The molecule has 0 bridgehead atoms. The highest BCUT2D eigenvalue weighted by Gasteiger charge is 2.43. The minimum absolute atomic E-state index is 0.00374. The van der Waals surface area contributed by atoms with E-state index in [-0.39, 0.29) is 31.5 Å². The van der Waals surface area contributed by atoms with Crippen molar-refractivity contribution < 1.29 is 33.4 Å². The van der Waals surface area contributed by atoms with E-state index < -0.39 is 53.5 Å². The molecule has 0 aliphatic carbocycles. The van der Waals surface area contributed by atoms with Gasteiger partial charge in [0.25, 0.3) is 0 Å². The van der Waals surface area contributed by atoms with Crippen LogP contribution in [0.5, 0.6) is 0 Å². The smallest absolute Gasteiger partial charge is 0.410 e. The molecule has 214 valence electrons. The number of likely N-dealkylation sites (tertiary alicyclic amines) is 1. The predicted octanol–water partition coefficient (Wildman–Crippen LogP) is 2.07. The Balaban J connectivity index is 3.11. The largest absolute Gasteiger partial charge is 0.771 e. The van der Waals surface area contributed by atoms with Crippen molar-refractivity contribution in [2.45, 2.75) is 79.0 Å². The molecule has 37 heavy (non-hydrogen) atoms. The zero-order valence-electron chi connectivity index (χ0n) is 23.7. The number of hydrazine groups is 1. The molecule has 1 unspecified atom stereocenters. The zero-order chi connectivity index (χ0) is 28.5. The maximum atomic E-state index is 13.3. The summed E-state index contributed by atoms with van der Waals surface area (Å²) in [6.45, 7) is 12.7. The highest BCUT2D eigenvalue weighted by Crippen LogP contribution is 2.24. The van der Waals surface area contributed by atoms with Gasteiger partial charge in [-0.05, 0) is 45.4 Å². The second-order valence-corrected chi connectivity index (χ2v) is 11.3. The number of methoxy groups -OCH3 is 2. The van der Waals surface area contributed by atoms with E-state index in [9.17, 15) is 24.4 Å². The van der Waals surface area contributed by atoms with Crippen LogP contribution < -0.4 is 10.7 Å². The van der Waals surface area contributed by atoms with E-state index in [1.54, 1.807) is 20.8 Å². The standard InChI is InChI=1S/C25H45N4O8/c1-15(2)10-17(22(31)35-8)12-26-29(34)20-14-28(24(33)37-25(5,6)7)13-18(20)21(30)27-19(11-16(3)4)23(32)36-9/h15-20,26H,10-14H2,1-9H3,(H,27,30)/q-1/t17-,18-,19?,20-/m1/s1. The molecular formula is C25H45N4O8-. The van der Waals surface area contributed by atoms with Gasteiger partial charge >= 0.3 is 18.0 Å². The molecule has 0 aromatic carbocycles. The molecular weight excluding hydrogens is 484 g/mol. The number of ether oxygens (including phenoxy) is 3. The van der Waals surface area contributed by atoms with Crippen molar-refractivity contribution >= 4 is 23.9 Å². The Labute approximate surface area is 220 Å². The maximum Gasteiger partial charge on any atom is 0.410 e. The average molecular weight is 530 g/mol. The normalized spacial score (nSPS) is 19.6. The summed E-state index contributed by atoms with van der Waals surface area (Å²) in [5.41, 5.74) is 1.92. The van der Waals surface area contributed by atoms with Gasteiger partial charge in [-0.2, -0.15) is 0 Å². The fraction of sp³-hybridized carbons (Fsp3) is 0.840. The van der Waals surface area contributed by atoms with E-state index >= 15 is 0 Å². The molecule has 2 N–H and O–H groups in total. The van der Waals surface area contributed by atoms with Crippen LogP contribution in [-0.2, 0) is 28.6 Å². The molecule has 4 atom stereocenters. The summed E-state index contributed by atoms with van der Waals surface area (Å²) in [4.78, 5) is 51.7. The number of amides is 2. The van der Waals surface area contributed by atoms with Gasteiger partial charge in [0.05, 0.1) is 26.1 Å². The van der Waals surface area contributed by atoms with E-state index in [4.69, 9.17) is 14.2 Å². The number of esters is 2. The summed E-state index contributed by atoms with van der Waals surface area (Å²) in [6, 6.07) is -1.88. The van der Waals surface area contributed by atoms with Gasteiger partial charge in [-0.15, -0.1) is 0 Å². The van der Waals surface area contributed by atoms with Crippen molar-refractivity contribution in [2.75, 3.05) is 33.9 Å². The number of carbonyl (C=O) groups excluding carboxylic acids is 4. The van der Waals surface area contributed by atoms with Crippen LogP contribution in [0.1, 0.15) is 61.3 Å². The second-order valence-electron chi connectivity index (χ2n) is 11.3. The van der Waals surface area contributed by atoms with E-state index in [0.717, 1.165) is 0 Å². The molecule has 1 heterocycles. The highest BCUT2D eigenvalue weighted by molar-refractivity contribution is 5.87. The van der Waals surface area contributed by atoms with E-state index in [0.29, 0.717) is 18.0 Å². The molecule has 1 aliphatic rings. The number of hydroxylamine groups is 1. The van der Waals surface area contributed by atoms with Gasteiger partial charge in [0, 0.05) is 25.7 Å². The van der Waals surface area contributed by atoms with Gasteiger partial charge in [-0.25, -0.2) is 9.59 Å². The third kappa shape index (κ3) is 10.8. The fourth-order valence-corrected chi connectivity index (χ4v) is 4.18. The Kier molecular flexibility index (Phi) is 12.8. The average Bonchev–Trinajstić information content (AvgIpc) is 3.24. The molecule has 1 aliphatic heterocycles. The van der Waals surface area contributed by atoms with Crippen LogP contribution in [0.15, 0.2) is 0 Å². The van der Waals surface area contributed by atoms with Gasteiger partial charge in [0.15, 0.2) is 0 Å². The van der Waals surface area contributed by atoms with Crippen LogP contribution >= 0.6 is 0 Å². The van der Waals surface area contributed by atoms with Gasteiger partial charge in [0.2, 0.25) is 5.91 Å². The zero-order valence-corrected chi connectivity index (χ0v) is 23.7. The van der Waals surface area contributed by atoms with Gasteiger partial charge in [0.1, 0.15) is 11.6 Å². The quantitative estimate of drug-likeness (QED) is 0.218. The monoisotopic (exact) mass is 529 g/mol. The number of nitrogens with zero attached hydrogens (tertiary/aromatic N) is 2. The first-order valence-corrected chi connectivity index (χ1v) is 12.7.